The Bertz CT molecular complexity index is 1240. The molecule has 1 unspecified atom stereocenters. The summed E-state index contributed by atoms with van der Waals surface area (Å²) in [5.74, 6) is -0.523. The number of ether oxygens (including phenoxy) is 1. The minimum Gasteiger partial charge on any atom is -0.497 e. The molecule has 0 fully saturated rings. The van der Waals surface area contributed by atoms with Crippen molar-refractivity contribution in [3.8, 4) is 5.75 Å². The van der Waals surface area contributed by atoms with Gasteiger partial charge in [-0.1, -0.05) is 50.2 Å². The topological polar surface area (TPSA) is 87.7 Å². The lowest BCUT2D eigenvalue weighted by molar-refractivity contribution is -0.119. The second-order valence-corrected chi connectivity index (χ2v) is 9.88. The SMILES string of the molecule is [CH2]C(C[C@H](Cc1ccccc1)NC(=O)c1cccc(C(=O)N(CCC)CCC)c1)C(=O)Nc1ccc(OC)cc1. The molecule has 0 saturated carbocycles. The predicted molar refractivity (Wildman–Crippen MR) is 159 cm³/mol. The van der Waals surface area contributed by atoms with Gasteiger partial charge in [-0.3, -0.25) is 14.4 Å². The number of benzene rings is 3. The van der Waals surface area contributed by atoms with Crippen LogP contribution in [0.4, 0.5) is 5.69 Å². The average Bonchev–Trinajstić information content (AvgIpc) is 2.97. The third-order valence-electron chi connectivity index (χ3n) is 6.60. The van der Waals surface area contributed by atoms with E-state index in [-0.39, 0.29) is 23.8 Å². The number of hydrogen-bond acceptors (Lipinski definition) is 4. The first-order valence-electron chi connectivity index (χ1n) is 13.9. The third kappa shape index (κ3) is 8.97. The fraction of sp³-hybridized carbons (Fsp3) is 0.333. The molecule has 7 heteroatoms. The lowest BCUT2D eigenvalue weighted by atomic mass is 9.95. The number of carbonyl (C=O) groups is 3. The molecule has 3 aromatic rings. The molecule has 2 N–H and O–H groups in total. The van der Waals surface area contributed by atoms with Crippen molar-refractivity contribution in [3.63, 3.8) is 0 Å². The van der Waals surface area contributed by atoms with Crippen molar-refractivity contribution in [3.05, 3.63) is 102 Å². The van der Waals surface area contributed by atoms with E-state index in [0.29, 0.717) is 48.5 Å². The third-order valence-corrected chi connectivity index (χ3v) is 6.60. The van der Waals surface area contributed by atoms with Crippen LogP contribution in [-0.2, 0) is 11.2 Å². The first kappa shape index (κ1) is 30.4. The highest BCUT2D eigenvalue weighted by Gasteiger charge is 2.23. The molecule has 3 aromatic carbocycles. The minimum atomic E-state index is -0.610. The van der Waals surface area contributed by atoms with Crippen molar-refractivity contribution in [2.24, 2.45) is 5.92 Å². The van der Waals surface area contributed by atoms with Crippen molar-refractivity contribution in [1.29, 1.82) is 0 Å². The van der Waals surface area contributed by atoms with Gasteiger partial charge < -0.3 is 20.3 Å². The fourth-order valence-corrected chi connectivity index (χ4v) is 4.56. The van der Waals surface area contributed by atoms with Crippen LogP contribution in [-0.4, -0.2) is 48.9 Å². The van der Waals surface area contributed by atoms with Crippen LogP contribution in [0.25, 0.3) is 0 Å². The van der Waals surface area contributed by atoms with E-state index >= 15 is 0 Å². The predicted octanol–water partition coefficient (Wildman–Crippen LogP) is 5.78. The Labute approximate surface area is 237 Å². The first-order valence-corrected chi connectivity index (χ1v) is 13.9. The molecule has 0 bridgehead atoms. The Hall–Kier alpha value is -4.13. The quantitative estimate of drug-likeness (QED) is 0.270. The summed E-state index contributed by atoms with van der Waals surface area (Å²) < 4.78 is 5.17. The molecule has 1 radical (unpaired) electrons. The van der Waals surface area contributed by atoms with E-state index in [1.165, 1.54) is 0 Å². The fourth-order valence-electron chi connectivity index (χ4n) is 4.56. The number of methoxy groups -OCH3 is 1. The van der Waals surface area contributed by atoms with Gasteiger partial charge in [0.2, 0.25) is 5.91 Å². The average molecular weight is 543 g/mol. The molecule has 7 nitrogen and oxygen atoms in total. The molecular weight excluding hydrogens is 502 g/mol. The van der Waals surface area contributed by atoms with Crippen LogP contribution in [0.5, 0.6) is 5.75 Å². The number of anilines is 1. The summed E-state index contributed by atoms with van der Waals surface area (Å²) >= 11 is 0. The van der Waals surface area contributed by atoms with E-state index in [0.717, 1.165) is 18.4 Å². The lowest BCUT2D eigenvalue weighted by Gasteiger charge is -2.23. The van der Waals surface area contributed by atoms with Crippen LogP contribution < -0.4 is 15.4 Å². The summed E-state index contributed by atoms with van der Waals surface area (Å²) in [6.07, 6.45) is 2.60. The van der Waals surface area contributed by atoms with Gasteiger partial charge in [0.25, 0.3) is 11.8 Å². The van der Waals surface area contributed by atoms with Crippen LogP contribution in [0, 0.1) is 12.8 Å². The summed E-state index contributed by atoms with van der Waals surface area (Å²) in [7, 11) is 1.59. The minimum absolute atomic E-state index is 0.0767. The van der Waals surface area contributed by atoms with E-state index in [4.69, 9.17) is 4.74 Å². The van der Waals surface area contributed by atoms with E-state index in [1.54, 1.807) is 55.6 Å². The smallest absolute Gasteiger partial charge is 0.253 e. The second-order valence-electron chi connectivity index (χ2n) is 9.88. The molecule has 0 aromatic heterocycles. The van der Waals surface area contributed by atoms with Gasteiger partial charge in [-0.25, -0.2) is 0 Å². The van der Waals surface area contributed by atoms with Crippen LogP contribution in [0.3, 0.4) is 0 Å². The van der Waals surface area contributed by atoms with Crippen LogP contribution >= 0.6 is 0 Å². The maximum atomic E-state index is 13.4. The molecule has 3 amide bonds. The Morgan fingerprint density at radius 2 is 1.52 bits per heavy atom. The molecule has 2 atom stereocenters. The van der Waals surface area contributed by atoms with Gasteiger partial charge in [0.15, 0.2) is 0 Å². The molecular formula is C33H40N3O4. The van der Waals surface area contributed by atoms with Crippen molar-refractivity contribution in [1.82, 2.24) is 10.2 Å². The highest BCUT2D eigenvalue weighted by atomic mass is 16.5. The zero-order valence-corrected chi connectivity index (χ0v) is 23.7. The van der Waals surface area contributed by atoms with E-state index < -0.39 is 5.92 Å². The number of rotatable bonds is 14. The van der Waals surface area contributed by atoms with Gasteiger partial charge >= 0.3 is 0 Å². The highest BCUT2D eigenvalue weighted by Crippen LogP contribution is 2.19. The number of carbonyl (C=O) groups excluding carboxylic acids is 3. The molecule has 3 rings (SSSR count). The Morgan fingerprint density at radius 3 is 2.15 bits per heavy atom. The largest absolute Gasteiger partial charge is 0.497 e. The highest BCUT2D eigenvalue weighted by molar-refractivity contribution is 6.00. The standard InChI is InChI=1S/C33H40N3O4/c1-5-19-36(20-6-2)33(39)27-14-10-13-26(23-27)32(38)35-29(22-25-11-8-7-9-12-25)21-24(3)31(37)34-28-15-17-30(40-4)18-16-28/h7-18,23-24,29H,3,5-6,19-22H2,1-2,4H3,(H,34,37)(H,35,38)/t24?,29-/m1/s1. The van der Waals surface area contributed by atoms with Gasteiger partial charge in [-0.2, -0.15) is 0 Å². The van der Waals surface area contributed by atoms with Crippen LogP contribution in [0.2, 0.25) is 0 Å². The normalized spacial score (nSPS) is 12.2. The van der Waals surface area contributed by atoms with Crippen LogP contribution in [0.15, 0.2) is 78.9 Å². The molecule has 0 saturated heterocycles. The Morgan fingerprint density at radius 1 is 0.875 bits per heavy atom. The maximum absolute atomic E-state index is 13.4. The van der Waals surface area contributed by atoms with Crippen molar-refractivity contribution in [2.45, 2.75) is 45.6 Å². The van der Waals surface area contributed by atoms with E-state index in [9.17, 15) is 14.4 Å². The van der Waals surface area contributed by atoms with Crippen LogP contribution in [0.1, 0.15) is 59.4 Å². The molecule has 0 aliphatic rings. The van der Waals surface area contributed by atoms with Crippen molar-refractivity contribution < 1.29 is 19.1 Å². The summed E-state index contributed by atoms with van der Waals surface area (Å²) in [6.45, 7) is 9.51. The molecule has 0 aliphatic carbocycles. The number of nitrogens with one attached hydrogen (secondary N) is 2. The van der Waals surface area contributed by atoms with Gasteiger partial charge in [-0.15, -0.1) is 0 Å². The summed E-state index contributed by atoms with van der Waals surface area (Å²) in [4.78, 5) is 41.2. The second kappa shape index (κ2) is 15.5. The number of nitrogens with zero attached hydrogens (tertiary/aromatic N) is 1. The molecule has 0 heterocycles. The van der Waals surface area contributed by atoms with Gasteiger partial charge in [0.1, 0.15) is 5.75 Å². The zero-order valence-electron chi connectivity index (χ0n) is 23.7. The van der Waals surface area contributed by atoms with Crippen molar-refractivity contribution >= 4 is 23.4 Å². The zero-order chi connectivity index (χ0) is 28.9. The molecule has 0 spiro atoms. The van der Waals surface area contributed by atoms with Gasteiger partial charge in [-0.05, 0) is 80.6 Å². The summed E-state index contributed by atoms with van der Waals surface area (Å²) in [5.41, 5.74) is 2.57. The van der Waals surface area contributed by atoms with E-state index in [2.05, 4.69) is 17.6 Å². The lowest BCUT2D eigenvalue weighted by Crippen LogP contribution is -2.39. The first-order chi connectivity index (χ1) is 19.3. The number of hydrogen-bond donors (Lipinski definition) is 2. The Balaban J connectivity index is 1.73. The van der Waals surface area contributed by atoms with E-state index in [1.807, 2.05) is 49.1 Å². The molecule has 0 aliphatic heterocycles. The summed E-state index contributed by atoms with van der Waals surface area (Å²) in [5, 5.41) is 5.98. The molecule has 211 valence electrons. The molecule has 40 heavy (non-hydrogen) atoms. The van der Waals surface area contributed by atoms with Gasteiger partial charge in [0.05, 0.1) is 7.11 Å². The maximum Gasteiger partial charge on any atom is 0.253 e. The Kier molecular flexibility index (Phi) is 11.8. The van der Waals surface area contributed by atoms with Gasteiger partial charge in [0, 0.05) is 41.9 Å². The van der Waals surface area contributed by atoms with Crippen molar-refractivity contribution in [2.75, 3.05) is 25.5 Å². The summed E-state index contributed by atoms with van der Waals surface area (Å²) in [6, 6.07) is 23.4. The monoisotopic (exact) mass is 542 g/mol. The number of amides is 3.